The Kier molecular flexibility index (Phi) is 6.57. The summed E-state index contributed by atoms with van der Waals surface area (Å²) in [5.74, 6) is 0. The molecule has 18 heavy (non-hydrogen) atoms. The molecule has 0 amide bonds. The average Bonchev–Trinajstić information content (AvgIpc) is 2.32. The average molecular weight is 257 g/mol. The van der Waals surface area contributed by atoms with Crippen LogP contribution in [0.15, 0.2) is 0 Å². The fourth-order valence-electron chi connectivity index (χ4n) is 2.44. The van der Waals surface area contributed by atoms with Crippen LogP contribution >= 0.6 is 0 Å². The lowest BCUT2D eigenvalue weighted by atomic mass is 9.98. The maximum absolute atomic E-state index is 5.05. The van der Waals surface area contributed by atoms with Gasteiger partial charge in [-0.2, -0.15) is 0 Å². The Morgan fingerprint density at radius 1 is 1.33 bits per heavy atom. The number of ether oxygens (including phenoxy) is 1. The minimum atomic E-state index is 0.294. The van der Waals surface area contributed by atoms with E-state index in [2.05, 4.69) is 42.9 Å². The zero-order valence-electron chi connectivity index (χ0n) is 12.8. The molecular weight excluding hydrogens is 226 g/mol. The summed E-state index contributed by atoms with van der Waals surface area (Å²) in [5, 5.41) is 3.52. The SMILES string of the molecule is COCCCNCC(C)N1CCN(C)C(C)(C)C1. The lowest BCUT2D eigenvalue weighted by molar-refractivity contribution is 0.0207. The first-order valence-corrected chi connectivity index (χ1v) is 7.12. The number of nitrogens with one attached hydrogen (secondary N) is 1. The standard InChI is InChI=1S/C14H31N3O/c1-13(11-15-7-6-10-18-5)17-9-8-16(4)14(2,3)12-17/h13,15H,6-12H2,1-5H3. The summed E-state index contributed by atoms with van der Waals surface area (Å²) in [6.07, 6.45) is 1.09. The van der Waals surface area contributed by atoms with E-state index in [1.807, 2.05) is 0 Å². The van der Waals surface area contributed by atoms with Gasteiger partial charge in [0.05, 0.1) is 0 Å². The second-order valence-electron chi connectivity index (χ2n) is 6.10. The van der Waals surface area contributed by atoms with E-state index < -0.39 is 0 Å². The maximum atomic E-state index is 5.05. The summed E-state index contributed by atoms with van der Waals surface area (Å²) in [6, 6.07) is 0.612. The van der Waals surface area contributed by atoms with Crippen molar-refractivity contribution in [2.75, 3.05) is 53.5 Å². The first-order chi connectivity index (χ1) is 8.47. The molecule has 4 heteroatoms. The number of hydrogen-bond donors (Lipinski definition) is 1. The number of nitrogens with zero attached hydrogens (tertiary/aromatic N) is 2. The van der Waals surface area contributed by atoms with Crippen molar-refractivity contribution in [1.29, 1.82) is 0 Å². The van der Waals surface area contributed by atoms with Crippen LogP contribution < -0.4 is 5.32 Å². The topological polar surface area (TPSA) is 27.7 Å². The lowest BCUT2D eigenvalue weighted by Gasteiger charge is -2.47. The molecule has 1 unspecified atom stereocenters. The zero-order valence-corrected chi connectivity index (χ0v) is 12.8. The van der Waals surface area contributed by atoms with E-state index in [0.717, 1.165) is 32.7 Å². The number of likely N-dealkylation sites (N-methyl/N-ethyl adjacent to an activating group) is 1. The maximum Gasteiger partial charge on any atom is 0.0474 e. The van der Waals surface area contributed by atoms with Gasteiger partial charge in [-0.25, -0.2) is 0 Å². The van der Waals surface area contributed by atoms with E-state index >= 15 is 0 Å². The normalized spacial score (nSPS) is 23.2. The summed E-state index contributed by atoms with van der Waals surface area (Å²) in [5.41, 5.74) is 0.294. The molecule has 1 fully saturated rings. The highest BCUT2D eigenvalue weighted by atomic mass is 16.5. The summed E-state index contributed by atoms with van der Waals surface area (Å²) in [4.78, 5) is 5.06. The van der Waals surface area contributed by atoms with Crippen LogP contribution in [0.25, 0.3) is 0 Å². The molecular formula is C14H31N3O. The molecule has 0 radical (unpaired) electrons. The first kappa shape index (κ1) is 15.9. The van der Waals surface area contributed by atoms with Crippen LogP contribution in [0.2, 0.25) is 0 Å². The minimum Gasteiger partial charge on any atom is -0.385 e. The monoisotopic (exact) mass is 257 g/mol. The van der Waals surface area contributed by atoms with Gasteiger partial charge in [-0.15, -0.1) is 0 Å². The second kappa shape index (κ2) is 7.43. The molecule has 1 atom stereocenters. The van der Waals surface area contributed by atoms with Crippen LogP contribution in [0, 0.1) is 0 Å². The van der Waals surface area contributed by atoms with Crippen molar-refractivity contribution in [3.8, 4) is 0 Å². The molecule has 0 aromatic carbocycles. The summed E-state index contributed by atoms with van der Waals surface area (Å²) in [6.45, 7) is 13.5. The number of piperazine rings is 1. The Bertz CT molecular complexity index is 233. The molecule has 0 spiro atoms. The van der Waals surface area contributed by atoms with Crippen molar-refractivity contribution in [3.63, 3.8) is 0 Å². The Morgan fingerprint density at radius 2 is 2.06 bits per heavy atom. The van der Waals surface area contributed by atoms with Crippen molar-refractivity contribution >= 4 is 0 Å². The van der Waals surface area contributed by atoms with Gasteiger partial charge in [0.15, 0.2) is 0 Å². The molecule has 1 N–H and O–H groups in total. The highest BCUT2D eigenvalue weighted by Gasteiger charge is 2.32. The lowest BCUT2D eigenvalue weighted by Crippen LogP contribution is -2.60. The quantitative estimate of drug-likeness (QED) is 0.689. The first-order valence-electron chi connectivity index (χ1n) is 7.12. The van der Waals surface area contributed by atoms with E-state index in [1.54, 1.807) is 7.11 Å². The van der Waals surface area contributed by atoms with Crippen molar-refractivity contribution in [3.05, 3.63) is 0 Å². The molecule has 4 nitrogen and oxygen atoms in total. The van der Waals surface area contributed by atoms with E-state index in [-0.39, 0.29) is 0 Å². The van der Waals surface area contributed by atoms with Crippen LogP contribution in [-0.4, -0.2) is 74.9 Å². The van der Waals surface area contributed by atoms with Crippen molar-refractivity contribution in [2.24, 2.45) is 0 Å². The Morgan fingerprint density at radius 3 is 2.67 bits per heavy atom. The third-order valence-electron chi connectivity index (χ3n) is 4.11. The van der Waals surface area contributed by atoms with Crippen molar-refractivity contribution in [1.82, 2.24) is 15.1 Å². The van der Waals surface area contributed by atoms with Gasteiger partial charge in [0, 0.05) is 51.5 Å². The predicted octanol–water partition coefficient (Wildman–Crippen LogP) is 1.03. The molecule has 1 aliphatic rings. The summed E-state index contributed by atoms with van der Waals surface area (Å²) < 4.78 is 5.05. The minimum absolute atomic E-state index is 0.294. The number of methoxy groups -OCH3 is 1. The number of hydrogen-bond acceptors (Lipinski definition) is 4. The van der Waals surface area contributed by atoms with Gasteiger partial charge in [0.1, 0.15) is 0 Å². The largest absolute Gasteiger partial charge is 0.385 e. The molecule has 1 heterocycles. The fraction of sp³-hybridized carbons (Fsp3) is 1.00. The fourth-order valence-corrected chi connectivity index (χ4v) is 2.44. The molecule has 0 aromatic rings. The molecule has 0 aromatic heterocycles. The van der Waals surface area contributed by atoms with Crippen molar-refractivity contribution < 1.29 is 4.74 Å². The third-order valence-corrected chi connectivity index (χ3v) is 4.11. The van der Waals surface area contributed by atoms with Crippen LogP contribution in [0.5, 0.6) is 0 Å². The van der Waals surface area contributed by atoms with E-state index in [4.69, 9.17) is 4.74 Å². The van der Waals surface area contributed by atoms with Gasteiger partial charge in [-0.3, -0.25) is 9.80 Å². The highest BCUT2D eigenvalue weighted by Crippen LogP contribution is 2.20. The van der Waals surface area contributed by atoms with E-state index in [0.29, 0.717) is 11.6 Å². The van der Waals surface area contributed by atoms with E-state index in [9.17, 15) is 0 Å². The molecule has 0 saturated carbocycles. The molecule has 1 saturated heterocycles. The predicted molar refractivity (Wildman–Crippen MR) is 77.1 cm³/mol. The Labute approximate surface area is 113 Å². The van der Waals surface area contributed by atoms with Gasteiger partial charge in [0.2, 0.25) is 0 Å². The smallest absolute Gasteiger partial charge is 0.0474 e. The van der Waals surface area contributed by atoms with Gasteiger partial charge in [-0.1, -0.05) is 0 Å². The Hall–Kier alpha value is -0.160. The molecule has 1 aliphatic heterocycles. The highest BCUT2D eigenvalue weighted by molar-refractivity contribution is 4.90. The third kappa shape index (κ3) is 4.84. The van der Waals surface area contributed by atoms with Crippen LogP contribution in [-0.2, 0) is 4.74 Å². The van der Waals surface area contributed by atoms with Crippen LogP contribution in [0.3, 0.4) is 0 Å². The van der Waals surface area contributed by atoms with Gasteiger partial charge < -0.3 is 10.1 Å². The van der Waals surface area contributed by atoms with Crippen molar-refractivity contribution in [2.45, 2.75) is 38.8 Å². The van der Waals surface area contributed by atoms with Gasteiger partial charge in [0.25, 0.3) is 0 Å². The van der Waals surface area contributed by atoms with E-state index in [1.165, 1.54) is 13.1 Å². The molecule has 0 bridgehead atoms. The summed E-state index contributed by atoms with van der Waals surface area (Å²) in [7, 11) is 3.99. The van der Waals surface area contributed by atoms with Gasteiger partial charge in [-0.05, 0) is 40.8 Å². The second-order valence-corrected chi connectivity index (χ2v) is 6.10. The van der Waals surface area contributed by atoms with Gasteiger partial charge >= 0.3 is 0 Å². The number of rotatable bonds is 7. The van der Waals surface area contributed by atoms with Crippen LogP contribution in [0.1, 0.15) is 27.2 Å². The zero-order chi connectivity index (χ0) is 13.6. The molecule has 1 rings (SSSR count). The Balaban J connectivity index is 2.23. The summed E-state index contributed by atoms with van der Waals surface area (Å²) >= 11 is 0. The molecule has 0 aliphatic carbocycles. The molecule has 108 valence electrons. The van der Waals surface area contributed by atoms with Crippen LogP contribution in [0.4, 0.5) is 0 Å².